The Labute approximate surface area is 189 Å². The number of carbonyl (C=O) groups excluding carboxylic acids is 1. The van der Waals surface area contributed by atoms with Crippen LogP contribution in [0.1, 0.15) is 46.0 Å². The monoisotopic (exact) mass is 442 g/mol. The lowest BCUT2D eigenvalue weighted by molar-refractivity contribution is -0.152. The summed E-state index contributed by atoms with van der Waals surface area (Å²) in [7, 11) is 0. The molecule has 3 unspecified atom stereocenters. The number of benzene rings is 1. The molecule has 4 nitrogen and oxygen atoms in total. The molecule has 1 heterocycles. The Kier molecular flexibility index (Phi) is 6.39. The normalized spacial score (nSPS) is 36.5. The van der Waals surface area contributed by atoms with E-state index in [-0.39, 0.29) is 35.1 Å². The summed E-state index contributed by atoms with van der Waals surface area (Å²) < 4.78 is 5.26. The summed E-state index contributed by atoms with van der Waals surface area (Å²) in [6.45, 7) is 9.16. The van der Waals surface area contributed by atoms with Crippen LogP contribution in [0.5, 0.6) is 0 Å². The minimum atomic E-state index is -0.500. The summed E-state index contributed by atoms with van der Waals surface area (Å²) in [6.07, 6.45) is 5.70. The van der Waals surface area contributed by atoms with Crippen molar-refractivity contribution in [2.75, 3.05) is 13.2 Å². The van der Waals surface area contributed by atoms with Crippen molar-refractivity contribution in [1.82, 2.24) is 0 Å². The van der Waals surface area contributed by atoms with Crippen LogP contribution in [0.2, 0.25) is 0 Å². The fourth-order valence-electron chi connectivity index (χ4n) is 6.39. The first kappa shape index (κ1) is 22.6. The van der Waals surface area contributed by atoms with Gasteiger partial charge >= 0.3 is 5.97 Å². The molecule has 2 N–H and O–H groups in total. The number of hydrogen-bond acceptors (Lipinski definition) is 5. The molecule has 0 bridgehead atoms. The van der Waals surface area contributed by atoms with E-state index >= 15 is 0 Å². The smallest absolute Gasteiger partial charge is 0.335 e. The molecule has 4 rings (SSSR count). The molecule has 5 heteroatoms. The van der Waals surface area contributed by atoms with Gasteiger partial charge in [0.1, 0.15) is 6.61 Å². The topological polar surface area (TPSA) is 66.8 Å². The maximum atomic E-state index is 12.5. The Bertz CT molecular complexity index is 865. The van der Waals surface area contributed by atoms with Crippen LogP contribution in [0.4, 0.5) is 0 Å². The Morgan fingerprint density at radius 1 is 1.26 bits per heavy atom. The standard InChI is InChI=1S/C26H34O4S/c1-17-9-10-22-25(2,13-11-23(28)26(22,3)16-27)20(17)15-21(19-12-14-30-24(19)29)31-18-7-5-4-6-8-18/h4-8,12,20-23,27-28H,1,9-11,13-16H2,2-3H3/t20-,21?,22?,23?,25+,26-/m0/s1. The van der Waals surface area contributed by atoms with E-state index in [4.69, 9.17) is 4.74 Å². The number of rotatable bonds is 6. The van der Waals surface area contributed by atoms with Crippen molar-refractivity contribution in [2.45, 2.75) is 62.2 Å². The number of ether oxygens (including phenoxy) is 1. The third-order valence-corrected chi connectivity index (χ3v) is 9.54. The van der Waals surface area contributed by atoms with Gasteiger partial charge in [-0.3, -0.25) is 0 Å². The van der Waals surface area contributed by atoms with Crippen LogP contribution in [0.3, 0.4) is 0 Å². The van der Waals surface area contributed by atoms with Gasteiger partial charge in [0.25, 0.3) is 0 Å². The second-order valence-electron chi connectivity index (χ2n) is 9.94. The first-order valence-corrected chi connectivity index (χ1v) is 12.2. The van der Waals surface area contributed by atoms with Crippen molar-refractivity contribution in [3.63, 3.8) is 0 Å². The summed E-state index contributed by atoms with van der Waals surface area (Å²) in [5.41, 5.74) is 1.43. The van der Waals surface area contributed by atoms with Gasteiger partial charge in [-0.2, -0.15) is 0 Å². The summed E-state index contributed by atoms with van der Waals surface area (Å²) in [5, 5.41) is 21.0. The molecule has 2 aliphatic carbocycles. The molecule has 6 atom stereocenters. The van der Waals surface area contributed by atoms with Gasteiger partial charge in [0, 0.05) is 21.1 Å². The van der Waals surface area contributed by atoms with Crippen LogP contribution in [0, 0.1) is 22.7 Å². The summed E-state index contributed by atoms with van der Waals surface area (Å²) in [4.78, 5) is 13.6. The van der Waals surface area contributed by atoms with Crippen LogP contribution < -0.4 is 0 Å². The third kappa shape index (κ3) is 4.01. The Hall–Kier alpha value is -1.56. The van der Waals surface area contributed by atoms with Crippen LogP contribution in [-0.2, 0) is 9.53 Å². The average molecular weight is 443 g/mol. The second kappa shape index (κ2) is 8.76. The van der Waals surface area contributed by atoms with Crippen molar-refractivity contribution in [1.29, 1.82) is 0 Å². The van der Waals surface area contributed by atoms with Crippen molar-refractivity contribution in [3.05, 3.63) is 54.1 Å². The van der Waals surface area contributed by atoms with E-state index in [9.17, 15) is 15.0 Å². The number of fused-ring (bicyclic) bond motifs is 1. The van der Waals surface area contributed by atoms with Crippen LogP contribution in [0.15, 0.2) is 59.0 Å². The average Bonchev–Trinajstić information content (AvgIpc) is 3.19. The molecule has 2 saturated carbocycles. The minimum Gasteiger partial charge on any atom is -0.458 e. The highest BCUT2D eigenvalue weighted by Crippen LogP contribution is 2.62. The Morgan fingerprint density at radius 3 is 2.65 bits per heavy atom. The summed E-state index contributed by atoms with van der Waals surface area (Å²) in [5.74, 6) is 0.229. The first-order chi connectivity index (χ1) is 14.8. The van der Waals surface area contributed by atoms with E-state index in [1.54, 1.807) is 11.8 Å². The van der Waals surface area contributed by atoms with Crippen molar-refractivity contribution in [2.24, 2.45) is 22.7 Å². The van der Waals surface area contributed by atoms with Crippen molar-refractivity contribution < 1.29 is 19.7 Å². The zero-order valence-electron chi connectivity index (χ0n) is 18.5. The van der Waals surface area contributed by atoms with E-state index in [0.717, 1.165) is 36.2 Å². The Morgan fingerprint density at radius 2 is 2.00 bits per heavy atom. The fraction of sp³-hybridized carbons (Fsp3) is 0.577. The molecule has 2 fully saturated rings. The second-order valence-corrected chi connectivity index (χ2v) is 11.2. The van der Waals surface area contributed by atoms with E-state index in [1.807, 2.05) is 31.2 Å². The lowest BCUT2D eigenvalue weighted by Crippen LogP contribution is -2.57. The number of hydrogen-bond donors (Lipinski definition) is 2. The molecule has 0 spiro atoms. The van der Waals surface area contributed by atoms with Gasteiger partial charge in [-0.1, -0.05) is 44.2 Å². The molecule has 1 aromatic rings. The number of esters is 1. The molecule has 1 aromatic carbocycles. The number of allylic oxidation sites excluding steroid dienone is 1. The molecular weight excluding hydrogens is 408 g/mol. The molecule has 0 amide bonds. The number of cyclic esters (lactones) is 1. The van der Waals surface area contributed by atoms with E-state index in [0.29, 0.717) is 13.0 Å². The minimum absolute atomic E-state index is 0.00665. The maximum absolute atomic E-state index is 12.5. The highest BCUT2D eigenvalue weighted by atomic mass is 32.2. The van der Waals surface area contributed by atoms with Gasteiger partial charge in [0.05, 0.1) is 12.7 Å². The van der Waals surface area contributed by atoms with Gasteiger partial charge in [0.15, 0.2) is 0 Å². The zero-order chi connectivity index (χ0) is 22.2. The third-order valence-electron chi connectivity index (χ3n) is 8.27. The summed E-state index contributed by atoms with van der Waals surface area (Å²) >= 11 is 1.72. The lowest BCUT2D eigenvalue weighted by atomic mass is 9.46. The predicted octanol–water partition coefficient (Wildman–Crippen LogP) is 4.76. The lowest BCUT2D eigenvalue weighted by Gasteiger charge is -2.60. The Balaban J connectivity index is 1.66. The largest absolute Gasteiger partial charge is 0.458 e. The van der Waals surface area contributed by atoms with Crippen molar-refractivity contribution in [3.8, 4) is 0 Å². The number of aliphatic hydroxyl groups excluding tert-OH is 2. The molecule has 0 saturated heterocycles. The van der Waals surface area contributed by atoms with Gasteiger partial charge in [-0.25, -0.2) is 4.79 Å². The zero-order valence-corrected chi connectivity index (χ0v) is 19.4. The SMILES string of the molecule is C=C1CCC2[C@](C)(CO)C(O)CC[C@]2(C)[C@H]1CC(Sc1ccccc1)C1=CCOC1=O. The molecule has 31 heavy (non-hydrogen) atoms. The molecule has 3 aliphatic rings. The van der Waals surface area contributed by atoms with Crippen LogP contribution in [-0.4, -0.2) is 40.8 Å². The van der Waals surface area contributed by atoms with E-state index in [1.165, 1.54) is 5.57 Å². The van der Waals surface area contributed by atoms with Crippen LogP contribution in [0.25, 0.3) is 0 Å². The molecular formula is C26H34O4S. The first-order valence-electron chi connectivity index (χ1n) is 11.3. The van der Waals surface area contributed by atoms with Gasteiger partial charge < -0.3 is 14.9 Å². The summed E-state index contributed by atoms with van der Waals surface area (Å²) in [6, 6.07) is 10.2. The van der Waals surface area contributed by atoms with Crippen molar-refractivity contribution >= 4 is 17.7 Å². The molecule has 168 valence electrons. The highest BCUT2D eigenvalue weighted by Gasteiger charge is 2.58. The quantitative estimate of drug-likeness (QED) is 0.378. The predicted molar refractivity (Wildman–Crippen MR) is 124 cm³/mol. The van der Waals surface area contributed by atoms with Gasteiger partial charge in [0.2, 0.25) is 0 Å². The molecule has 0 aromatic heterocycles. The number of carbonyl (C=O) groups is 1. The fourth-order valence-corrected chi connectivity index (χ4v) is 7.64. The number of aliphatic hydroxyl groups is 2. The van der Waals surface area contributed by atoms with Gasteiger partial charge in [-0.15, -0.1) is 11.8 Å². The van der Waals surface area contributed by atoms with Crippen LogP contribution >= 0.6 is 11.8 Å². The molecule has 1 aliphatic heterocycles. The van der Waals surface area contributed by atoms with E-state index in [2.05, 4.69) is 25.6 Å². The highest BCUT2D eigenvalue weighted by molar-refractivity contribution is 8.00. The molecule has 0 radical (unpaired) electrons. The maximum Gasteiger partial charge on any atom is 0.335 e. The van der Waals surface area contributed by atoms with E-state index < -0.39 is 11.5 Å². The van der Waals surface area contributed by atoms with Gasteiger partial charge in [-0.05, 0) is 67.6 Å². The number of thioether (sulfide) groups is 1.